The molecule has 0 bridgehead atoms. The zero-order valence-electron chi connectivity index (χ0n) is 11.6. The molecule has 1 N–H and O–H groups in total. The molecular formula is C15H20BrNO2. The van der Waals surface area contributed by atoms with Crippen LogP contribution in [0.25, 0.3) is 0 Å². The van der Waals surface area contributed by atoms with Crippen LogP contribution in [0.3, 0.4) is 0 Å². The van der Waals surface area contributed by atoms with E-state index < -0.39 is 0 Å². The lowest BCUT2D eigenvalue weighted by atomic mass is 9.97. The number of fused-ring (bicyclic) bond motifs is 1. The fourth-order valence-corrected chi connectivity index (χ4v) is 2.68. The first-order chi connectivity index (χ1) is 8.99. The molecule has 104 valence electrons. The Morgan fingerprint density at radius 1 is 1.42 bits per heavy atom. The van der Waals surface area contributed by atoms with E-state index in [1.54, 1.807) is 0 Å². The third kappa shape index (κ3) is 3.30. The van der Waals surface area contributed by atoms with E-state index in [1.807, 2.05) is 13.0 Å². The van der Waals surface area contributed by atoms with Gasteiger partial charge in [0.25, 0.3) is 0 Å². The summed E-state index contributed by atoms with van der Waals surface area (Å²) in [6, 6.07) is 4.11. The van der Waals surface area contributed by atoms with Crippen LogP contribution in [0.15, 0.2) is 16.6 Å². The molecular weight excluding hydrogens is 306 g/mol. The van der Waals surface area contributed by atoms with Gasteiger partial charge in [-0.3, -0.25) is 4.79 Å². The van der Waals surface area contributed by atoms with Crippen LogP contribution in [0.2, 0.25) is 0 Å². The van der Waals surface area contributed by atoms with Gasteiger partial charge in [-0.05, 0) is 23.6 Å². The van der Waals surface area contributed by atoms with Crippen molar-refractivity contribution in [2.24, 2.45) is 11.8 Å². The SMILES string of the molecule is CC(C)C(C)C(=O)NCc1cc(Br)cc2c1OCC2. The van der Waals surface area contributed by atoms with Gasteiger partial charge in [0.05, 0.1) is 6.61 Å². The number of carbonyl (C=O) groups excluding carboxylic acids is 1. The maximum atomic E-state index is 12.0. The van der Waals surface area contributed by atoms with Crippen LogP contribution in [0, 0.1) is 11.8 Å². The molecule has 0 radical (unpaired) electrons. The number of hydrogen-bond donors (Lipinski definition) is 1. The van der Waals surface area contributed by atoms with E-state index in [2.05, 4.69) is 41.2 Å². The van der Waals surface area contributed by atoms with E-state index in [4.69, 9.17) is 4.74 Å². The van der Waals surface area contributed by atoms with Crippen molar-refractivity contribution in [1.29, 1.82) is 0 Å². The molecule has 0 spiro atoms. The van der Waals surface area contributed by atoms with Crippen molar-refractivity contribution in [1.82, 2.24) is 5.32 Å². The summed E-state index contributed by atoms with van der Waals surface area (Å²) < 4.78 is 6.69. The van der Waals surface area contributed by atoms with Gasteiger partial charge in [-0.1, -0.05) is 36.7 Å². The highest BCUT2D eigenvalue weighted by molar-refractivity contribution is 9.10. The predicted octanol–water partition coefficient (Wildman–Crippen LogP) is 3.29. The van der Waals surface area contributed by atoms with Gasteiger partial charge in [0, 0.05) is 28.9 Å². The van der Waals surface area contributed by atoms with Crippen LogP contribution >= 0.6 is 15.9 Å². The van der Waals surface area contributed by atoms with Gasteiger partial charge in [0.2, 0.25) is 5.91 Å². The van der Waals surface area contributed by atoms with Crippen LogP contribution in [0.1, 0.15) is 31.9 Å². The number of ether oxygens (including phenoxy) is 1. The van der Waals surface area contributed by atoms with Gasteiger partial charge in [0.1, 0.15) is 5.75 Å². The topological polar surface area (TPSA) is 38.3 Å². The Hall–Kier alpha value is -1.03. The van der Waals surface area contributed by atoms with Gasteiger partial charge < -0.3 is 10.1 Å². The van der Waals surface area contributed by atoms with Gasteiger partial charge in [-0.2, -0.15) is 0 Å². The molecule has 0 saturated heterocycles. The Morgan fingerprint density at radius 3 is 2.84 bits per heavy atom. The second-order valence-corrected chi connectivity index (χ2v) is 6.32. The highest BCUT2D eigenvalue weighted by atomic mass is 79.9. The molecule has 4 heteroatoms. The fourth-order valence-electron chi connectivity index (χ4n) is 2.12. The molecule has 1 aliphatic rings. The zero-order chi connectivity index (χ0) is 14.0. The summed E-state index contributed by atoms with van der Waals surface area (Å²) in [6.45, 7) is 7.34. The molecule has 1 aliphatic heterocycles. The molecule has 0 fully saturated rings. The Bertz CT molecular complexity index is 485. The first kappa shape index (κ1) is 14.4. The number of hydrogen-bond acceptors (Lipinski definition) is 2. The third-order valence-corrected chi connectivity index (χ3v) is 4.15. The quantitative estimate of drug-likeness (QED) is 0.922. The second kappa shape index (κ2) is 5.95. The van der Waals surface area contributed by atoms with Crippen molar-refractivity contribution >= 4 is 21.8 Å². The lowest BCUT2D eigenvalue weighted by molar-refractivity contribution is -0.125. The molecule has 1 heterocycles. The summed E-state index contributed by atoms with van der Waals surface area (Å²) in [4.78, 5) is 12.0. The van der Waals surface area contributed by atoms with Crippen molar-refractivity contribution in [3.05, 3.63) is 27.7 Å². The largest absolute Gasteiger partial charge is 0.493 e. The second-order valence-electron chi connectivity index (χ2n) is 5.40. The lowest BCUT2D eigenvalue weighted by Gasteiger charge is -2.16. The van der Waals surface area contributed by atoms with Crippen molar-refractivity contribution in [3.8, 4) is 5.75 Å². The molecule has 1 amide bonds. The van der Waals surface area contributed by atoms with E-state index in [1.165, 1.54) is 5.56 Å². The van der Waals surface area contributed by atoms with Crippen LogP contribution in [-0.2, 0) is 17.8 Å². The summed E-state index contributed by atoms with van der Waals surface area (Å²) in [7, 11) is 0. The monoisotopic (exact) mass is 325 g/mol. The summed E-state index contributed by atoms with van der Waals surface area (Å²) >= 11 is 3.51. The average Bonchev–Trinajstić information content (AvgIpc) is 2.82. The zero-order valence-corrected chi connectivity index (χ0v) is 13.2. The molecule has 1 aromatic carbocycles. The lowest BCUT2D eigenvalue weighted by Crippen LogP contribution is -2.31. The standard InChI is InChI=1S/C15H20BrNO2/c1-9(2)10(3)15(18)17-8-12-7-13(16)6-11-4-5-19-14(11)12/h6-7,9-10H,4-5,8H2,1-3H3,(H,17,18). The highest BCUT2D eigenvalue weighted by Crippen LogP contribution is 2.32. The summed E-state index contributed by atoms with van der Waals surface area (Å²) in [5, 5.41) is 3.00. The number of benzene rings is 1. The summed E-state index contributed by atoms with van der Waals surface area (Å²) in [6.07, 6.45) is 0.943. The molecule has 3 nitrogen and oxygen atoms in total. The molecule has 1 atom stereocenters. The van der Waals surface area contributed by atoms with Crippen molar-refractivity contribution in [2.45, 2.75) is 33.7 Å². The normalized spacial score (nSPS) is 15.0. The summed E-state index contributed by atoms with van der Waals surface area (Å²) in [5.41, 5.74) is 2.27. The number of halogens is 1. The van der Waals surface area contributed by atoms with Gasteiger partial charge >= 0.3 is 0 Å². The average molecular weight is 326 g/mol. The van der Waals surface area contributed by atoms with Crippen LogP contribution in [-0.4, -0.2) is 12.5 Å². The van der Waals surface area contributed by atoms with Crippen LogP contribution in [0.4, 0.5) is 0 Å². The predicted molar refractivity (Wildman–Crippen MR) is 79.2 cm³/mol. The molecule has 0 aliphatic carbocycles. The Morgan fingerprint density at radius 2 is 2.16 bits per heavy atom. The maximum Gasteiger partial charge on any atom is 0.223 e. The first-order valence-electron chi connectivity index (χ1n) is 6.71. The van der Waals surface area contributed by atoms with Gasteiger partial charge in [-0.25, -0.2) is 0 Å². The minimum Gasteiger partial charge on any atom is -0.493 e. The van der Waals surface area contributed by atoms with Crippen LogP contribution < -0.4 is 10.1 Å². The fraction of sp³-hybridized carbons (Fsp3) is 0.533. The Balaban J connectivity index is 2.06. The van der Waals surface area contributed by atoms with Crippen LogP contribution in [0.5, 0.6) is 5.75 Å². The van der Waals surface area contributed by atoms with Crippen molar-refractivity contribution in [3.63, 3.8) is 0 Å². The minimum atomic E-state index is 0.0288. The number of rotatable bonds is 4. The van der Waals surface area contributed by atoms with Gasteiger partial charge in [-0.15, -0.1) is 0 Å². The van der Waals surface area contributed by atoms with E-state index in [-0.39, 0.29) is 11.8 Å². The summed E-state index contributed by atoms with van der Waals surface area (Å²) in [5.74, 6) is 1.42. The van der Waals surface area contributed by atoms with Gasteiger partial charge in [0.15, 0.2) is 0 Å². The van der Waals surface area contributed by atoms with Crippen molar-refractivity contribution in [2.75, 3.05) is 6.61 Å². The Kier molecular flexibility index (Phi) is 4.50. The van der Waals surface area contributed by atoms with E-state index in [0.29, 0.717) is 12.5 Å². The molecule has 2 rings (SSSR count). The number of nitrogens with one attached hydrogen (secondary N) is 1. The third-order valence-electron chi connectivity index (χ3n) is 3.69. The maximum absolute atomic E-state index is 12.0. The molecule has 19 heavy (non-hydrogen) atoms. The molecule has 1 unspecified atom stereocenters. The number of amides is 1. The minimum absolute atomic E-state index is 0.0288. The molecule has 1 aromatic rings. The Labute approximate surface area is 122 Å². The highest BCUT2D eigenvalue weighted by Gasteiger charge is 2.20. The number of carbonyl (C=O) groups is 1. The smallest absolute Gasteiger partial charge is 0.223 e. The van der Waals surface area contributed by atoms with E-state index in [0.717, 1.165) is 28.8 Å². The molecule has 0 saturated carbocycles. The molecule has 0 aromatic heterocycles. The first-order valence-corrected chi connectivity index (χ1v) is 7.50. The van der Waals surface area contributed by atoms with Crippen molar-refractivity contribution < 1.29 is 9.53 Å². The van der Waals surface area contributed by atoms with E-state index in [9.17, 15) is 4.79 Å². The van der Waals surface area contributed by atoms with E-state index >= 15 is 0 Å².